The highest BCUT2D eigenvalue weighted by Crippen LogP contribution is 2.66. The molecule has 1 fully saturated rings. The summed E-state index contributed by atoms with van der Waals surface area (Å²) in [5.74, 6) is 3.39. The van der Waals surface area contributed by atoms with Crippen LogP contribution >= 0.6 is 30.8 Å². The van der Waals surface area contributed by atoms with Crippen LogP contribution in [0.5, 0.6) is 0 Å². The summed E-state index contributed by atoms with van der Waals surface area (Å²) < 4.78 is 0.667. The van der Waals surface area contributed by atoms with Gasteiger partial charge >= 0.3 is 0 Å². The molecule has 0 amide bonds. The van der Waals surface area contributed by atoms with Crippen molar-refractivity contribution in [3.63, 3.8) is 0 Å². The van der Waals surface area contributed by atoms with E-state index in [1.807, 2.05) is 0 Å². The number of rotatable bonds is 3. The molecule has 0 nitrogen and oxygen atoms in total. The van der Waals surface area contributed by atoms with Crippen LogP contribution < -0.4 is 23.0 Å². The Hall–Kier alpha value is -0.140. The molecule has 0 spiro atoms. The number of hydrogen-bond donors (Lipinski definition) is 0. The highest BCUT2D eigenvalue weighted by atomic mass is 35.5. The van der Waals surface area contributed by atoms with Crippen LogP contribution in [-0.2, 0) is 0 Å². The molecule has 0 N–H and O–H groups in total. The van der Waals surface area contributed by atoms with E-state index in [1.54, 1.807) is 0 Å². The van der Waals surface area contributed by atoms with Crippen LogP contribution in [0.25, 0.3) is 0 Å². The predicted octanol–water partition coefficient (Wildman–Crippen LogP) is 2.71. The summed E-state index contributed by atoms with van der Waals surface area (Å²) in [7, 11) is -1.40. The van der Waals surface area contributed by atoms with E-state index in [4.69, 9.17) is 0 Å². The van der Waals surface area contributed by atoms with Crippen molar-refractivity contribution >= 4 is 41.4 Å². The molecule has 1 saturated heterocycles. The molecule has 2 aromatic rings. The first kappa shape index (κ1) is 21.2. The minimum atomic E-state index is -1.40. The lowest BCUT2D eigenvalue weighted by atomic mass is 9.83. The van der Waals surface area contributed by atoms with E-state index in [0.717, 1.165) is 5.92 Å². The maximum absolute atomic E-state index is 2.54. The molecule has 136 valence electrons. The zero-order chi connectivity index (χ0) is 17.2. The molecule has 0 atom stereocenters. The van der Waals surface area contributed by atoms with Gasteiger partial charge in [0.15, 0.2) is 4.32 Å². The monoisotopic (exact) mass is 410 g/mol. The topological polar surface area (TPSA) is 0 Å². The van der Waals surface area contributed by atoms with Crippen LogP contribution in [0.4, 0.5) is 0 Å². The van der Waals surface area contributed by atoms with Crippen LogP contribution in [0, 0.1) is 11.3 Å². The standard InChI is InChI=1S/C21H28PS2.ClH/c1-21(2,3)17-15-23-20(24-16-17)22(4,18-11-7-5-8-12-18)19-13-9-6-10-14-19;/h5-14,17,20H,15-16H2,1-4H3;1H/q+1;/p-1. The van der Waals surface area contributed by atoms with Crippen molar-refractivity contribution in [2.75, 3.05) is 18.2 Å². The first-order valence-corrected chi connectivity index (χ1v) is 13.0. The van der Waals surface area contributed by atoms with Crippen molar-refractivity contribution in [1.82, 2.24) is 0 Å². The largest absolute Gasteiger partial charge is 1.00 e. The average molecular weight is 411 g/mol. The second-order valence-corrected chi connectivity index (χ2v) is 14.8. The van der Waals surface area contributed by atoms with E-state index >= 15 is 0 Å². The van der Waals surface area contributed by atoms with E-state index in [9.17, 15) is 0 Å². The second-order valence-electron chi connectivity index (χ2n) is 7.78. The quantitative estimate of drug-likeness (QED) is 0.713. The minimum Gasteiger partial charge on any atom is -1.00 e. The van der Waals surface area contributed by atoms with Crippen LogP contribution in [0.2, 0.25) is 0 Å². The summed E-state index contributed by atoms with van der Waals surface area (Å²) in [5, 5.41) is 3.07. The maximum Gasteiger partial charge on any atom is 0.169 e. The third kappa shape index (κ3) is 4.59. The normalized spacial score (nSPS) is 21.4. The van der Waals surface area contributed by atoms with Crippen molar-refractivity contribution in [3.05, 3.63) is 60.7 Å². The molecule has 0 radical (unpaired) electrons. The van der Waals surface area contributed by atoms with E-state index in [2.05, 4.69) is 112 Å². The fraction of sp³-hybridized carbons (Fsp3) is 0.429. The first-order chi connectivity index (χ1) is 11.4. The highest BCUT2D eigenvalue weighted by Gasteiger charge is 2.49. The lowest BCUT2D eigenvalue weighted by Crippen LogP contribution is -3.00. The van der Waals surface area contributed by atoms with Crippen molar-refractivity contribution < 1.29 is 12.4 Å². The summed E-state index contributed by atoms with van der Waals surface area (Å²) in [6, 6.07) is 22.5. The molecule has 1 heterocycles. The smallest absolute Gasteiger partial charge is 0.169 e. The molecule has 25 heavy (non-hydrogen) atoms. The summed E-state index contributed by atoms with van der Waals surface area (Å²) in [5.41, 5.74) is 0.416. The molecule has 0 aliphatic carbocycles. The minimum absolute atomic E-state index is 0. The van der Waals surface area contributed by atoms with Crippen LogP contribution in [-0.4, -0.2) is 22.5 Å². The van der Waals surface area contributed by atoms with Crippen molar-refractivity contribution in [3.8, 4) is 0 Å². The fourth-order valence-electron chi connectivity index (χ4n) is 3.16. The molecule has 4 heteroatoms. The first-order valence-electron chi connectivity index (χ1n) is 8.63. The average Bonchev–Trinajstić information content (AvgIpc) is 2.62. The number of hydrogen-bond acceptors (Lipinski definition) is 2. The summed E-state index contributed by atoms with van der Waals surface area (Å²) >= 11 is 4.41. The van der Waals surface area contributed by atoms with Gasteiger partial charge in [-0.2, -0.15) is 0 Å². The fourth-order valence-corrected chi connectivity index (χ4v) is 12.9. The Bertz CT molecular complexity index is 607. The Kier molecular flexibility index (Phi) is 7.36. The zero-order valence-electron chi connectivity index (χ0n) is 15.5. The molecule has 0 saturated carbocycles. The van der Waals surface area contributed by atoms with Gasteiger partial charge in [-0.1, -0.05) is 57.2 Å². The molecular weight excluding hydrogens is 383 g/mol. The Labute approximate surface area is 168 Å². The van der Waals surface area contributed by atoms with Gasteiger partial charge in [0.05, 0.1) is 13.9 Å². The molecule has 1 aliphatic rings. The van der Waals surface area contributed by atoms with Gasteiger partial charge in [0.1, 0.15) is 10.6 Å². The molecule has 3 rings (SSSR count). The van der Waals surface area contributed by atoms with Gasteiger partial charge in [-0.3, -0.25) is 0 Å². The number of thioether (sulfide) groups is 2. The van der Waals surface area contributed by atoms with Gasteiger partial charge in [0.2, 0.25) is 0 Å². The van der Waals surface area contributed by atoms with E-state index < -0.39 is 7.26 Å². The SMILES string of the molecule is CC(C)(C)C1CSC([P+](C)(c2ccccc2)c2ccccc2)SC1.[Cl-]. The Morgan fingerprint density at radius 3 is 1.56 bits per heavy atom. The number of benzene rings is 2. The second kappa shape index (κ2) is 8.70. The van der Waals surface area contributed by atoms with Gasteiger partial charge in [-0.15, -0.1) is 23.5 Å². The molecule has 1 aliphatic heterocycles. The summed E-state index contributed by atoms with van der Waals surface area (Å²) in [4.78, 5) is 0. The zero-order valence-corrected chi connectivity index (χ0v) is 18.8. The predicted molar refractivity (Wildman–Crippen MR) is 117 cm³/mol. The molecular formula is C21H28ClPS2. The third-order valence-corrected chi connectivity index (χ3v) is 14.7. The molecule has 0 bridgehead atoms. The van der Waals surface area contributed by atoms with Gasteiger partial charge in [-0.05, 0) is 35.6 Å². The summed E-state index contributed by atoms with van der Waals surface area (Å²) in [6.07, 6.45) is 0. The van der Waals surface area contributed by atoms with Gasteiger partial charge < -0.3 is 12.4 Å². The van der Waals surface area contributed by atoms with E-state index in [-0.39, 0.29) is 12.4 Å². The van der Waals surface area contributed by atoms with Crippen LogP contribution in [0.3, 0.4) is 0 Å². The lowest BCUT2D eigenvalue weighted by molar-refractivity contribution is -0.00000530. The Morgan fingerprint density at radius 1 is 0.800 bits per heavy atom. The van der Waals surface area contributed by atoms with Gasteiger partial charge in [0, 0.05) is 11.5 Å². The molecule has 2 aromatic carbocycles. The Balaban J connectivity index is 0.00000225. The van der Waals surface area contributed by atoms with E-state index in [0.29, 0.717) is 9.74 Å². The van der Waals surface area contributed by atoms with Gasteiger partial charge in [0.25, 0.3) is 0 Å². The maximum atomic E-state index is 2.54. The number of halogens is 1. The molecule has 0 unspecified atom stereocenters. The van der Waals surface area contributed by atoms with Crippen molar-refractivity contribution in [1.29, 1.82) is 0 Å². The lowest BCUT2D eigenvalue weighted by Gasteiger charge is -2.39. The molecule has 0 aromatic heterocycles. The third-order valence-electron chi connectivity index (χ3n) is 5.11. The van der Waals surface area contributed by atoms with Crippen LogP contribution in [0.15, 0.2) is 60.7 Å². The van der Waals surface area contributed by atoms with Crippen LogP contribution in [0.1, 0.15) is 20.8 Å². The van der Waals surface area contributed by atoms with Crippen molar-refractivity contribution in [2.45, 2.75) is 25.1 Å². The van der Waals surface area contributed by atoms with Crippen molar-refractivity contribution in [2.24, 2.45) is 11.3 Å². The van der Waals surface area contributed by atoms with Gasteiger partial charge in [-0.25, -0.2) is 0 Å². The van der Waals surface area contributed by atoms with E-state index in [1.165, 1.54) is 22.1 Å². The summed E-state index contributed by atoms with van der Waals surface area (Å²) in [6.45, 7) is 9.71. The Morgan fingerprint density at radius 2 is 1.20 bits per heavy atom. The highest BCUT2D eigenvalue weighted by molar-refractivity contribution is 8.28.